The van der Waals surface area contributed by atoms with Crippen molar-refractivity contribution in [2.75, 3.05) is 13.2 Å². The molecular weight excluding hydrogens is 414 g/mol. The fourth-order valence-electron chi connectivity index (χ4n) is 4.06. The molecule has 1 N–H and O–H groups in total. The maximum atomic E-state index is 12.2. The van der Waals surface area contributed by atoms with E-state index in [2.05, 4.69) is 59.6 Å². The molecule has 1 amide bonds. The molecule has 0 radical (unpaired) electrons. The van der Waals surface area contributed by atoms with Crippen LogP contribution in [0.5, 0.6) is 0 Å². The Kier molecular flexibility index (Phi) is 5.74. The lowest BCUT2D eigenvalue weighted by atomic mass is 9.98. The van der Waals surface area contributed by atoms with E-state index >= 15 is 0 Å². The molecule has 0 fully saturated rings. The van der Waals surface area contributed by atoms with Gasteiger partial charge in [0, 0.05) is 10.8 Å². The van der Waals surface area contributed by atoms with E-state index in [1.165, 1.54) is 32.7 Å². The van der Waals surface area contributed by atoms with Gasteiger partial charge in [-0.25, -0.2) is 4.79 Å². The summed E-state index contributed by atoms with van der Waals surface area (Å²) in [5.74, 6) is 6.17. The van der Waals surface area contributed by atoms with Crippen molar-refractivity contribution in [3.63, 3.8) is 0 Å². The summed E-state index contributed by atoms with van der Waals surface area (Å²) in [6, 6.07) is 30.9. The van der Waals surface area contributed by atoms with Crippen molar-refractivity contribution in [3.8, 4) is 33.4 Å². The van der Waals surface area contributed by atoms with E-state index in [1.54, 1.807) is 11.3 Å². The zero-order valence-corrected chi connectivity index (χ0v) is 18.2. The third kappa shape index (κ3) is 4.16. The quantitative estimate of drug-likeness (QED) is 0.382. The molecule has 0 saturated heterocycles. The highest BCUT2D eigenvalue weighted by atomic mass is 32.1. The monoisotopic (exact) mass is 435 g/mol. The highest BCUT2D eigenvalue weighted by Gasteiger charge is 2.28. The van der Waals surface area contributed by atoms with Gasteiger partial charge >= 0.3 is 6.09 Å². The van der Waals surface area contributed by atoms with E-state index in [0.29, 0.717) is 6.61 Å². The van der Waals surface area contributed by atoms with Gasteiger partial charge in [-0.05, 0) is 39.9 Å². The van der Waals surface area contributed by atoms with Gasteiger partial charge in [0.1, 0.15) is 6.61 Å². The van der Waals surface area contributed by atoms with Crippen LogP contribution in [-0.4, -0.2) is 19.2 Å². The summed E-state index contributed by atoms with van der Waals surface area (Å²) < 4.78 is 5.54. The number of carbonyl (C=O) groups is 1. The Morgan fingerprint density at radius 2 is 1.50 bits per heavy atom. The average Bonchev–Trinajstić information content (AvgIpc) is 3.44. The zero-order chi connectivity index (χ0) is 21.8. The van der Waals surface area contributed by atoms with Crippen LogP contribution in [0.2, 0.25) is 0 Å². The van der Waals surface area contributed by atoms with Crippen molar-refractivity contribution >= 4 is 17.4 Å². The Balaban J connectivity index is 1.16. The lowest BCUT2D eigenvalue weighted by molar-refractivity contribution is 0.144. The molecule has 0 spiro atoms. The number of hydrogen-bond donors (Lipinski definition) is 1. The van der Waals surface area contributed by atoms with E-state index in [-0.39, 0.29) is 12.5 Å². The van der Waals surface area contributed by atoms with Crippen LogP contribution in [0.25, 0.3) is 21.6 Å². The summed E-state index contributed by atoms with van der Waals surface area (Å²) in [4.78, 5) is 14.4. The van der Waals surface area contributed by atoms with Crippen LogP contribution in [0.3, 0.4) is 0 Å². The second-order valence-corrected chi connectivity index (χ2v) is 8.59. The van der Waals surface area contributed by atoms with E-state index in [9.17, 15) is 4.79 Å². The highest BCUT2D eigenvalue weighted by Crippen LogP contribution is 2.44. The number of alkyl carbamates (subject to hydrolysis) is 1. The number of benzene rings is 3. The fourth-order valence-corrected chi connectivity index (χ4v) is 4.95. The Labute approximate surface area is 191 Å². The van der Waals surface area contributed by atoms with Gasteiger partial charge in [-0.1, -0.05) is 90.7 Å². The summed E-state index contributed by atoms with van der Waals surface area (Å²) in [6.07, 6.45) is -0.447. The topological polar surface area (TPSA) is 38.3 Å². The summed E-state index contributed by atoms with van der Waals surface area (Å²) in [5, 5.41) is 2.73. The molecule has 0 atom stereocenters. The normalized spacial score (nSPS) is 11.8. The highest BCUT2D eigenvalue weighted by molar-refractivity contribution is 7.16. The molecule has 1 aromatic heterocycles. The van der Waals surface area contributed by atoms with Crippen LogP contribution < -0.4 is 5.32 Å². The molecule has 0 unspecified atom stereocenters. The molecule has 1 aliphatic rings. The maximum Gasteiger partial charge on any atom is 0.407 e. The predicted octanol–water partition coefficient (Wildman–Crippen LogP) is 6.31. The number of fused-ring (bicyclic) bond motifs is 3. The molecule has 3 aromatic carbocycles. The molecule has 0 aliphatic heterocycles. The summed E-state index contributed by atoms with van der Waals surface area (Å²) in [7, 11) is 0. The maximum absolute atomic E-state index is 12.2. The molecular formula is C28H21NO2S. The van der Waals surface area contributed by atoms with Gasteiger partial charge in [0.05, 0.1) is 11.4 Å². The molecule has 3 nitrogen and oxygen atoms in total. The SMILES string of the molecule is O=C(NCC#Cc1ccc(-c2ccccc2)s1)OCC1c2ccccc2-c2ccccc21. The molecule has 32 heavy (non-hydrogen) atoms. The number of carbonyl (C=O) groups excluding carboxylic acids is 1. The largest absolute Gasteiger partial charge is 0.449 e. The van der Waals surface area contributed by atoms with E-state index in [0.717, 1.165) is 4.88 Å². The van der Waals surface area contributed by atoms with E-state index in [4.69, 9.17) is 4.74 Å². The van der Waals surface area contributed by atoms with Crippen molar-refractivity contribution in [1.82, 2.24) is 5.32 Å². The number of hydrogen-bond acceptors (Lipinski definition) is 3. The third-order valence-electron chi connectivity index (χ3n) is 5.54. The van der Waals surface area contributed by atoms with Crippen molar-refractivity contribution in [3.05, 3.63) is 107 Å². The molecule has 1 heterocycles. The van der Waals surface area contributed by atoms with Crippen LogP contribution in [0.1, 0.15) is 21.9 Å². The molecule has 5 rings (SSSR count). The molecule has 4 heteroatoms. The van der Waals surface area contributed by atoms with Crippen LogP contribution in [0.15, 0.2) is 91.0 Å². The van der Waals surface area contributed by atoms with Crippen molar-refractivity contribution in [2.24, 2.45) is 0 Å². The number of thiophene rings is 1. The summed E-state index contributed by atoms with van der Waals surface area (Å²) >= 11 is 1.64. The van der Waals surface area contributed by atoms with Crippen molar-refractivity contribution in [2.45, 2.75) is 5.92 Å². The molecule has 156 valence electrons. The predicted molar refractivity (Wildman–Crippen MR) is 130 cm³/mol. The fraction of sp³-hybridized carbons (Fsp3) is 0.107. The first-order valence-electron chi connectivity index (χ1n) is 10.5. The minimum absolute atomic E-state index is 0.0572. The van der Waals surface area contributed by atoms with Crippen LogP contribution >= 0.6 is 11.3 Å². The van der Waals surface area contributed by atoms with Gasteiger partial charge in [0.15, 0.2) is 0 Å². The summed E-state index contributed by atoms with van der Waals surface area (Å²) in [5.41, 5.74) is 6.02. The third-order valence-corrected chi connectivity index (χ3v) is 6.59. The van der Waals surface area contributed by atoms with E-state index in [1.807, 2.05) is 48.5 Å². The number of rotatable bonds is 4. The standard InChI is InChI=1S/C28H21NO2S/c30-28(29-18-8-11-21-16-17-27(32-21)20-9-2-1-3-10-20)31-19-26-24-14-6-4-12-22(24)23-13-5-7-15-25(23)26/h1-7,9-10,12-17,26H,18-19H2,(H,29,30). The van der Waals surface area contributed by atoms with Crippen molar-refractivity contribution in [1.29, 1.82) is 0 Å². The number of ether oxygens (including phenoxy) is 1. The van der Waals surface area contributed by atoms with E-state index < -0.39 is 6.09 Å². The Morgan fingerprint density at radius 1 is 0.844 bits per heavy atom. The van der Waals surface area contributed by atoms with Gasteiger partial charge in [0.2, 0.25) is 0 Å². The summed E-state index contributed by atoms with van der Waals surface area (Å²) in [6.45, 7) is 0.549. The first-order chi connectivity index (χ1) is 15.8. The number of amides is 1. The van der Waals surface area contributed by atoms with Gasteiger partial charge in [-0.15, -0.1) is 11.3 Å². The lowest BCUT2D eigenvalue weighted by Gasteiger charge is -2.14. The lowest BCUT2D eigenvalue weighted by Crippen LogP contribution is -2.26. The first-order valence-corrected chi connectivity index (χ1v) is 11.3. The minimum atomic E-state index is -0.447. The first kappa shape index (κ1) is 20.1. The Morgan fingerprint density at radius 3 is 2.22 bits per heavy atom. The van der Waals surface area contributed by atoms with Crippen LogP contribution in [-0.2, 0) is 4.74 Å². The molecule has 0 saturated carbocycles. The number of nitrogens with one attached hydrogen (secondary N) is 1. The molecule has 0 bridgehead atoms. The molecule has 1 aliphatic carbocycles. The van der Waals surface area contributed by atoms with Gasteiger partial charge < -0.3 is 10.1 Å². The van der Waals surface area contributed by atoms with Gasteiger partial charge in [0.25, 0.3) is 0 Å². The average molecular weight is 436 g/mol. The molecule has 4 aromatic rings. The Hall–Kier alpha value is -3.81. The smallest absolute Gasteiger partial charge is 0.407 e. The Bertz CT molecular complexity index is 1270. The van der Waals surface area contributed by atoms with Gasteiger partial charge in [-0.3, -0.25) is 0 Å². The minimum Gasteiger partial charge on any atom is -0.449 e. The zero-order valence-electron chi connectivity index (χ0n) is 17.4. The second-order valence-electron chi connectivity index (χ2n) is 7.51. The van der Waals surface area contributed by atoms with Crippen LogP contribution in [0.4, 0.5) is 4.79 Å². The second kappa shape index (κ2) is 9.13. The van der Waals surface area contributed by atoms with Gasteiger partial charge in [-0.2, -0.15) is 0 Å². The van der Waals surface area contributed by atoms with Crippen LogP contribution in [0, 0.1) is 11.8 Å². The van der Waals surface area contributed by atoms with Crippen molar-refractivity contribution < 1.29 is 9.53 Å².